The Hall–Kier alpha value is -1.83. The molecule has 0 spiro atoms. The molecule has 5 rings (SSSR count). The minimum absolute atomic E-state index is 0. The Morgan fingerprint density at radius 3 is 2.75 bits per heavy atom. The number of fused-ring (bicyclic) bond motifs is 2. The fraction of sp³-hybridized carbons (Fsp3) is 0.304. The lowest BCUT2D eigenvalue weighted by Gasteiger charge is -2.36. The van der Waals surface area contributed by atoms with Crippen LogP contribution in [0.3, 0.4) is 0 Å². The molecule has 1 saturated heterocycles. The molecule has 1 fully saturated rings. The topological polar surface area (TPSA) is 53.1 Å². The van der Waals surface area contributed by atoms with Crippen molar-refractivity contribution in [1.82, 2.24) is 20.2 Å². The zero-order valence-electron chi connectivity index (χ0n) is 17.8. The van der Waals surface area contributed by atoms with Gasteiger partial charge in [0.15, 0.2) is 0 Å². The van der Waals surface area contributed by atoms with E-state index < -0.39 is 0 Å². The summed E-state index contributed by atoms with van der Waals surface area (Å²) in [5.74, 6) is 0. The third kappa shape index (κ3) is 5.56. The first-order valence-electron chi connectivity index (χ1n) is 10.2. The lowest BCUT2D eigenvalue weighted by atomic mass is 10.0. The Kier molecular flexibility index (Phi) is 9.80. The largest absolute Gasteiger partial charge is 0.366 e. The molecule has 32 heavy (non-hydrogen) atoms. The Balaban J connectivity index is 0.00000121. The van der Waals surface area contributed by atoms with Gasteiger partial charge in [-0.15, -0.1) is 48.6 Å². The van der Waals surface area contributed by atoms with Crippen molar-refractivity contribution in [2.24, 2.45) is 0 Å². The van der Waals surface area contributed by atoms with Crippen LogP contribution in [0.1, 0.15) is 22.4 Å². The van der Waals surface area contributed by atoms with Gasteiger partial charge in [0.1, 0.15) is 5.00 Å². The second-order valence-corrected chi connectivity index (χ2v) is 8.93. The van der Waals surface area contributed by atoms with Crippen LogP contribution < -0.4 is 21.2 Å². The Morgan fingerprint density at radius 1 is 1.12 bits per heavy atom. The van der Waals surface area contributed by atoms with Crippen LogP contribution in [0.2, 0.25) is 0 Å². The number of thiophene rings is 1. The van der Waals surface area contributed by atoms with E-state index in [9.17, 15) is 0 Å². The molecule has 5 nitrogen and oxygen atoms in total. The van der Waals surface area contributed by atoms with Crippen molar-refractivity contribution in [3.63, 3.8) is 0 Å². The quantitative estimate of drug-likeness (QED) is 0.562. The highest BCUT2D eigenvalue weighted by atomic mass is 35.5. The summed E-state index contributed by atoms with van der Waals surface area (Å²) in [4.78, 5) is 12.8. The minimum Gasteiger partial charge on any atom is -0.366 e. The van der Waals surface area contributed by atoms with Gasteiger partial charge in [0.05, 0.1) is 11.0 Å². The SMILES string of the molecule is Cc1cc2c(s1)NC=c1cccnc1=C2N1CCNC(CCc2ccncc2)C1.Cl.Cl.Cl. The van der Waals surface area contributed by atoms with Gasteiger partial charge in [0.25, 0.3) is 0 Å². The molecule has 1 unspecified atom stereocenters. The summed E-state index contributed by atoms with van der Waals surface area (Å²) in [6, 6.07) is 11.1. The van der Waals surface area contributed by atoms with Crippen LogP contribution in [-0.4, -0.2) is 40.5 Å². The lowest BCUT2D eigenvalue weighted by molar-refractivity contribution is 0.268. The molecule has 172 valence electrons. The van der Waals surface area contributed by atoms with Crippen molar-refractivity contribution in [3.05, 3.63) is 75.5 Å². The van der Waals surface area contributed by atoms with Gasteiger partial charge >= 0.3 is 0 Å². The molecule has 0 aromatic carbocycles. The van der Waals surface area contributed by atoms with E-state index in [1.165, 1.54) is 26.7 Å². The zero-order chi connectivity index (χ0) is 19.6. The predicted octanol–water partition coefficient (Wildman–Crippen LogP) is 3.34. The van der Waals surface area contributed by atoms with Crippen LogP contribution in [0, 0.1) is 6.92 Å². The van der Waals surface area contributed by atoms with E-state index in [4.69, 9.17) is 4.98 Å². The van der Waals surface area contributed by atoms with Gasteiger partial charge < -0.3 is 15.5 Å². The lowest BCUT2D eigenvalue weighted by Crippen LogP contribution is -2.51. The molecule has 0 bridgehead atoms. The average molecular weight is 513 g/mol. The van der Waals surface area contributed by atoms with Crippen LogP contribution in [0.25, 0.3) is 11.9 Å². The maximum Gasteiger partial charge on any atom is 0.102 e. The second-order valence-electron chi connectivity index (χ2n) is 7.67. The number of rotatable bonds is 4. The Morgan fingerprint density at radius 2 is 1.94 bits per heavy atom. The average Bonchev–Trinajstić information content (AvgIpc) is 3.05. The molecular weight excluding hydrogens is 485 g/mol. The summed E-state index contributed by atoms with van der Waals surface area (Å²) in [5.41, 5.74) is 3.88. The van der Waals surface area contributed by atoms with E-state index in [0.717, 1.165) is 43.0 Å². The molecule has 0 saturated carbocycles. The standard InChI is InChI=1S/C23H25N5S.3ClH/c1-16-13-20-22(21-18(3-2-8-26-21)14-27-23(20)29-16)28-12-11-25-19(15-28)5-4-17-6-9-24-10-7-17;;;/h2-3,6-10,13-14,19,25,27H,4-5,11-12,15H2,1H3;3*1H. The number of hydrogen-bond donors (Lipinski definition) is 2. The van der Waals surface area contributed by atoms with Gasteiger partial charge in [-0.2, -0.15) is 0 Å². The van der Waals surface area contributed by atoms with Gasteiger partial charge in [-0.25, -0.2) is 0 Å². The van der Waals surface area contributed by atoms with E-state index in [-0.39, 0.29) is 37.2 Å². The van der Waals surface area contributed by atoms with Crippen LogP contribution in [-0.2, 0) is 6.42 Å². The summed E-state index contributed by atoms with van der Waals surface area (Å²) in [6.07, 6.45) is 9.93. The molecule has 2 aliphatic heterocycles. The van der Waals surface area contributed by atoms with Gasteiger partial charge in [-0.1, -0.05) is 0 Å². The molecule has 3 aromatic rings. The van der Waals surface area contributed by atoms with Gasteiger partial charge in [0, 0.05) is 66.1 Å². The first-order valence-corrected chi connectivity index (χ1v) is 11.0. The Bertz CT molecular complexity index is 1140. The first kappa shape index (κ1) is 26.4. The molecule has 2 N–H and O–H groups in total. The number of pyridine rings is 2. The van der Waals surface area contributed by atoms with Crippen molar-refractivity contribution in [1.29, 1.82) is 0 Å². The monoisotopic (exact) mass is 511 g/mol. The maximum absolute atomic E-state index is 4.79. The van der Waals surface area contributed by atoms with Crippen molar-refractivity contribution >= 4 is 65.5 Å². The molecule has 3 aromatic heterocycles. The molecule has 2 aliphatic rings. The number of aromatic nitrogens is 2. The van der Waals surface area contributed by atoms with E-state index in [1.54, 1.807) is 0 Å². The molecule has 0 aliphatic carbocycles. The van der Waals surface area contributed by atoms with Crippen LogP contribution in [0.4, 0.5) is 5.00 Å². The molecule has 5 heterocycles. The summed E-state index contributed by atoms with van der Waals surface area (Å²) >= 11 is 1.81. The third-order valence-electron chi connectivity index (χ3n) is 5.63. The van der Waals surface area contributed by atoms with E-state index in [0.29, 0.717) is 6.04 Å². The highest BCUT2D eigenvalue weighted by Gasteiger charge is 2.26. The van der Waals surface area contributed by atoms with Crippen LogP contribution in [0.15, 0.2) is 48.9 Å². The zero-order valence-corrected chi connectivity index (χ0v) is 21.0. The van der Waals surface area contributed by atoms with Crippen LogP contribution >= 0.6 is 48.6 Å². The number of anilines is 1. The summed E-state index contributed by atoms with van der Waals surface area (Å²) in [6.45, 7) is 5.14. The fourth-order valence-electron chi connectivity index (χ4n) is 4.23. The van der Waals surface area contributed by atoms with Gasteiger partial charge in [0.2, 0.25) is 0 Å². The van der Waals surface area contributed by atoms with Gasteiger partial charge in [-0.3, -0.25) is 9.97 Å². The number of piperazine rings is 1. The van der Waals surface area contributed by atoms with Crippen molar-refractivity contribution in [2.45, 2.75) is 25.8 Å². The summed E-state index contributed by atoms with van der Waals surface area (Å²) in [7, 11) is 0. The fourth-order valence-corrected chi connectivity index (χ4v) is 5.11. The van der Waals surface area contributed by atoms with Gasteiger partial charge in [-0.05, 0) is 55.7 Å². The van der Waals surface area contributed by atoms with E-state index in [2.05, 4.69) is 57.9 Å². The molecule has 0 radical (unpaired) electrons. The Labute approximate surface area is 211 Å². The third-order valence-corrected chi connectivity index (χ3v) is 6.62. The van der Waals surface area contributed by atoms with E-state index in [1.807, 2.05) is 36.0 Å². The molecule has 0 amide bonds. The number of nitrogens with one attached hydrogen (secondary N) is 2. The number of aryl methyl sites for hydroxylation is 2. The molecule has 9 heteroatoms. The van der Waals surface area contributed by atoms with Crippen molar-refractivity contribution in [3.8, 4) is 0 Å². The number of halogens is 3. The first-order chi connectivity index (χ1) is 14.3. The maximum atomic E-state index is 4.79. The van der Waals surface area contributed by atoms with Crippen LogP contribution in [0.5, 0.6) is 0 Å². The number of hydrogen-bond acceptors (Lipinski definition) is 6. The highest BCUT2D eigenvalue weighted by molar-refractivity contribution is 7.16. The normalized spacial score (nSPS) is 16.6. The minimum atomic E-state index is 0. The molecular formula is C23H28Cl3N5S. The smallest absolute Gasteiger partial charge is 0.102 e. The summed E-state index contributed by atoms with van der Waals surface area (Å²) in [5, 5.41) is 10.7. The van der Waals surface area contributed by atoms with Crippen molar-refractivity contribution < 1.29 is 0 Å². The van der Waals surface area contributed by atoms with Crippen molar-refractivity contribution in [2.75, 3.05) is 25.0 Å². The predicted molar refractivity (Wildman–Crippen MR) is 141 cm³/mol. The summed E-state index contributed by atoms with van der Waals surface area (Å²) < 4.78 is 0. The molecule has 1 atom stereocenters. The van der Waals surface area contributed by atoms with E-state index >= 15 is 0 Å². The highest BCUT2D eigenvalue weighted by Crippen LogP contribution is 2.34. The number of nitrogens with zero attached hydrogens (tertiary/aromatic N) is 3. The second kappa shape index (κ2) is 11.9.